The average molecular weight is 612 g/mol. The number of nitrogen functional groups attached to an aromatic ring is 1. The summed E-state index contributed by atoms with van der Waals surface area (Å²) in [5.74, 6) is -1.46. The fourth-order valence-corrected chi connectivity index (χ4v) is 5.29. The number of nitrogens with one attached hydrogen (secondary N) is 2. The van der Waals surface area contributed by atoms with Crippen molar-refractivity contribution in [3.63, 3.8) is 0 Å². The Kier molecular flexibility index (Phi) is 7.28. The molecule has 16 nitrogen and oxygen atoms in total. The number of fused-ring (bicyclic) bond motifs is 1. The Bertz CT molecular complexity index is 1930. The molecule has 5 aromatic rings. The van der Waals surface area contributed by atoms with Gasteiger partial charge in [-0.15, -0.1) is 0 Å². The van der Waals surface area contributed by atoms with Crippen molar-refractivity contribution in [2.45, 2.75) is 24.5 Å². The van der Waals surface area contributed by atoms with E-state index in [1.165, 1.54) is 53.6 Å². The molecule has 1 fully saturated rings. The van der Waals surface area contributed by atoms with E-state index in [0.29, 0.717) is 5.56 Å². The smallest absolute Gasteiger partial charge is 0.301 e. The summed E-state index contributed by atoms with van der Waals surface area (Å²) in [6.45, 7) is -0.497. The zero-order valence-corrected chi connectivity index (χ0v) is 22.6. The second-order valence-electron chi connectivity index (χ2n) is 9.40. The number of carbonyl (C=O) groups is 1. The molecule has 4 atom stereocenters. The molecule has 222 valence electrons. The maximum Gasteiger partial charge on any atom is 0.301 e. The first-order valence-electron chi connectivity index (χ1n) is 12.6. The minimum atomic E-state index is -4.45. The van der Waals surface area contributed by atoms with Crippen molar-refractivity contribution < 1.29 is 37.1 Å². The zero-order chi connectivity index (χ0) is 30.3. The van der Waals surface area contributed by atoms with E-state index in [4.69, 9.17) is 15.0 Å². The van der Waals surface area contributed by atoms with Gasteiger partial charge < -0.3 is 25.2 Å². The average Bonchev–Trinajstić information content (AvgIpc) is 3.71. The summed E-state index contributed by atoms with van der Waals surface area (Å²) in [5, 5.41) is 24.9. The van der Waals surface area contributed by atoms with Crippen LogP contribution in [0.25, 0.3) is 34.0 Å². The molecule has 1 aliphatic rings. The Morgan fingerprint density at radius 1 is 1.09 bits per heavy atom. The molecule has 0 aliphatic carbocycles. The van der Waals surface area contributed by atoms with Gasteiger partial charge in [0.1, 0.15) is 36.0 Å². The summed E-state index contributed by atoms with van der Waals surface area (Å²) in [7, 11) is -4.45. The van der Waals surface area contributed by atoms with E-state index in [-0.39, 0.29) is 39.8 Å². The van der Waals surface area contributed by atoms with Gasteiger partial charge in [0.2, 0.25) is 5.82 Å². The molecule has 1 saturated heterocycles. The van der Waals surface area contributed by atoms with E-state index in [0.717, 1.165) is 0 Å². The normalized spacial score (nSPS) is 20.4. The van der Waals surface area contributed by atoms with Gasteiger partial charge in [0, 0.05) is 17.7 Å². The number of carbonyl (C=O) groups excluding carboxylic acids is 1. The molecule has 0 saturated carbocycles. The Labute approximate surface area is 241 Å². The lowest BCUT2D eigenvalue weighted by atomic mass is 10.1. The molecule has 1 amide bonds. The van der Waals surface area contributed by atoms with Crippen molar-refractivity contribution in [3.8, 4) is 22.8 Å². The highest BCUT2D eigenvalue weighted by Gasteiger charge is 2.44. The number of aromatic nitrogens is 6. The summed E-state index contributed by atoms with van der Waals surface area (Å²) in [6, 6.07) is 11.6. The molecule has 4 heterocycles. The molecule has 3 aromatic heterocycles. The molecular formula is C25H22FN9O7S. The van der Waals surface area contributed by atoms with Crippen molar-refractivity contribution in [1.29, 1.82) is 0 Å². The lowest BCUT2D eigenvalue weighted by Gasteiger charge is -2.16. The Hall–Kier alpha value is -4.88. The van der Waals surface area contributed by atoms with Gasteiger partial charge in [-0.25, -0.2) is 24.1 Å². The third-order valence-electron chi connectivity index (χ3n) is 6.61. The first-order valence-corrected chi connectivity index (χ1v) is 14.0. The quantitative estimate of drug-likeness (QED) is 0.157. The van der Waals surface area contributed by atoms with E-state index >= 15 is 0 Å². The van der Waals surface area contributed by atoms with E-state index in [1.807, 2.05) is 4.72 Å². The largest absolute Gasteiger partial charge is 0.387 e. The van der Waals surface area contributed by atoms with Crippen molar-refractivity contribution in [3.05, 3.63) is 72.6 Å². The molecule has 0 radical (unpaired) electrons. The minimum Gasteiger partial charge on any atom is -0.387 e. The van der Waals surface area contributed by atoms with Gasteiger partial charge in [0.05, 0.1) is 11.9 Å². The first kappa shape index (κ1) is 28.2. The van der Waals surface area contributed by atoms with Gasteiger partial charge in [-0.3, -0.25) is 9.36 Å². The van der Waals surface area contributed by atoms with Crippen molar-refractivity contribution in [1.82, 2.24) is 39.1 Å². The maximum absolute atomic E-state index is 14.1. The van der Waals surface area contributed by atoms with Crippen LogP contribution in [0.4, 0.5) is 10.2 Å². The summed E-state index contributed by atoms with van der Waals surface area (Å²) < 4.78 is 55.6. The van der Waals surface area contributed by atoms with Gasteiger partial charge in [-0.2, -0.15) is 18.1 Å². The highest BCUT2D eigenvalue weighted by molar-refractivity contribution is 7.88. The standard InChI is InChI=1S/C25H22FN9O7S/c26-15-7-2-1-6-14(15)24-32-21(33-42-24)12-4-3-5-13(8-12)23(38)34-43(39,40)31-9-16-18(36)19(37)25(41-16)35-11-30-17-20(27)28-10-29-22(17)35/h1-8,10-11,16,18-19,25,31,36-37H,9H2,(H,34,38)(H2,27,28,29)/t16-,18-,19-,25-/m0/s1. The molecule has 0 unspecified atom stereocenters. The van der Waals surface area contributed by atoms with Crippen LogP contribution >= 0.6 is 0 Å². The summed E-state index contributed by atoms with van der Waals surface area (Å²) >= 11 is 0. The molecular weight excluding hydrogens is 589 g/mol. The van der Waals surface area contributed by atoms with Crippen LogP contribution in [0.1, 0.15) is 16.6 Å². The van der Waals surface area contributed by atoms with Crippen molar-refractivity contribution in [2.24, 2.45) is 0 Å². The number of hydrogen-bond acceptors (Lipinski definition) is 13. The number of halogens is 1. The maximum atomic E-state index is 14.1. The van der Waals surface area contributed by atoms with Crippen LogP contribution in [0.2, 0.25) is 0 Å². The Morgan fingerprint density at radius 3 is 2.72 bits per heavy atom. The van der Waals surface area contributed by atoms with Gasteiger partial charge >= 0.3 is 10.2 Å². The first-order chi connectivity index (χ1) is 20.6. The number of hydrogen-bond donors (Lipinski definition) is 5. The topological polar surface area (TPSA) is 233 Å². The van der Waals surface area contributed by atoms with Crippen LogP contribution in [0.5, 0.6) is 0 Å². The summed E-state index contributed by atoms with van der Waals surface area (Å²) in [4.78, 5) is 29.0. The van der Waals surface area contributed by atoms with Gasteiger partial charge in [0.25, 0.3) is 11.8 Å². The fraction of sp³-hybridized carbons (Fsp3) is 0.200. The molecule has 0 bridgehead atoms. The zero-order valence-electron chi connectivity index (χ0n) is 21.8. The molecule has 0 spiro atoms. The van der Waals surface area contributed by atoms with E-state index in [2.05, 4.69) is 29.8 Å². The molecule has 2 aromatic carbocycles. The second-order valence-corrected chi connectivity index (χ2v) is 10.9. The van der Waals surface area contributed by atoms with Crippen LogP contribution in [0, 0.1) is 5.82 Å². The highest BCUT2D eigenvalue weighted by atomic mass is 32.2. The minimum absolute atomic E-state index is 0.0502. The van der Waals surface area contributed by atoms with Crippen LogP contribution in [-0.2, 0) is 14.9 Å². The summed E-state index contributed by atoms with van der Waals surface area (Å²) in [5.41, 5.74) is 6.64. The monoisotopic (exact) mass is 611 g/mol. The predicted molar refractivity (Wildman–Crippen MR) is 145 cm³/mol. The third-order valence-corrected chi connectivity index (χ3v) is 7.61. The third kappa shape index (κ3) is 5.51. The van der Waals surface area contributed by atoms with Crippen molar-refractivity contribution in [2.75, 3.05) is 12.3 Å². The van der Waals surface area contributed by atoms with Crippen LogP contribution in [0.15, 0.2) is 65.7 Å². The molecule has 6 rings (SSSR count). The number of aliphatic hydroxyl groups is 2. The van der Waals surface area contributed by atoms with E-state index in [9.17, 15) is 27.8 Å². The van der Waals surface area contributed by atoms with E-state index < -0.39 is 53.0 Å². The molecule has 18 heteroatoms. The van der Waals surface area contributed by atoms with Crippen LogP contribution in [-0.4, -0.2) is 79.1 Å². The fourth-order valence-electron chi connectivity index (χ4n) is 4.48. The summed E-state index contributed by atoms with van der Waals surface area (Å²) in [6.07, 6.45) is -2.83. The predicted octanol–water partition coefficient (Wildman–Crippen LogP) is 0.148. The highest BCUT2D eigenvalue weighted by Crippen LogP contribution is 2.32. The molecule has 1 aliphatic heterocycles. The van der Waals surface area contributed by atoms with Crippen LogP contribution in [0.3, 0.4) is 0 Å². The Balaban J connectivity index is 1.11. The second kappa shape index (κ2) is 11.1. The Morgan fingerprint density at radius 2 is 1.91 bits per heavy atom. The number of aliphatic hydroxyl groups excluding tert-OH is 2. The van der Waals surface area contributed by atoms with Gasteiger partial charge in [0.15, 0.2) is 17.7 Å². The van der Waals surface area contributed by atoms with E-state index in [1.54, 1.807) is 12.1 Å². The number of rotatable bonds is 8. The number of amides is 1. The number of imidazole rings is 1. The number of benzene rings is 2. The number of nitrogens with zero attached hydrogens (tertiary/aromatic N) is 6. The number of ether oxygens (including phenoxy) is 1. The molecule has 43 heavy (non-hydrogen) atoms. The van der Waals surface area contributed by atoms with Gasteiger partial charge in [-0.1, -0.05) is 29.4 Å². The lowest BCUT2D eigenvalue weighted by Crippen LogP contribution is -2.45. The lowest BCUT2D eigenvalue weighted by molar-refractivity contribution is -0.0330. The molecule has 6 N–H and O–H groups in total. The van der Waals surface area contributed by atoms with Crippen LogP contribution < -0.4 is 15.2 Å². The van der Waals surface area contributed by atoms with Gasteiger partial charge in [-0.05, 0) is 24.3 Å². The number of anilines is 1. The van der Waals surface area contributed by atoms with Crippen molar-refractivity contribution >= 4 is 33.1 Å². The SMILES string of the molecule is Nc1ncnc2c1ncn2[C@H]1O[C@@H](CNS(=O)(=O)NC(=O)c2cccc(-c3noc(-c4ccccc4F)n3)c2)[C@H](O)[C@@H]1O. The number of nitrogens with two attached hydrogens (primary N) is 1.